The standard InChI is InChI=1S/C5H8FN3S/c1-5(2,6)3-8-4(7)10-9-3/h1-2H3,(H2,7,8,9). The molecular weight excluding hydrogens is 153 g/mol. The number of nitrogen functional groups attached to an aromatic ring is 1. The number of alkyl halides is 1. The molecule has 0 saturated heterocycles. The third-order valence-electron chi connectivity index (χ3n) is 0.973. The summed E-state index contributed by atoms with van der Waals surface area (Å²) in [5.41, 5.74) is 3.78. The molecule has 0 aliphatic heterocycles. The zero-order chi connectivity index (χ0) is 7.78. The number of nitrogens with two attached hydrogens (primary N) is 1. The summed E-state index contributed by atoms with van der Waals surface area (Å²) in [5, 5.41) is 0.306. The van der Waals surface area contributed by atoms with Crippen molar-refractivity contribution in [3.63, 3.8) is 0 Å². The highest BCUT2D eigenvalue weighted by Crippen LogP contribution is 2.23. The fourth-order valence-corrected chi connectivity index (χ4v) is 1.04. The summed E-state index contributed by atoms with van der Waals surface area (Å²) in [6, 6.07) is 0. The zero-order valence-electron chi connectivity index (χ0n) is 5.76. The average molecular weight is 161 g/mol. The first kappa shape index (κ1) is 7.40. The summed E-state index contributed by atoms with van der Waals surface area (Å²) in [4.78, 5) is 3.69. The van der Waals surface area contributed by atoms with Crippen LogP contribution >= 0.6 is 11.5 Å². The monoisotopic (exact) mass is 161 g/mol. The van der Waals surface area contributed by atoms with Crippen LogP contribution in [0.25, 0.3) is 0 Å². The van der Waals surface area contributed by atoms with Gasteiger partial charge in [-0.1, -0.05) is 0 Å². The Morgan fingerprint density at radius 1 is 1.60 bits per heavy atom. The molecule has 1 rings (SSSR count). The van der Waals surface area contributed by atoms with Crippen molar-refractivity contribution in [2.75, 3.05) is 5.73 Å². The smallest absolute Gasteiger partial charge is 0.200 e. The Kier molecular flexibility index (Phi) is 1.60. The van der Waals surface area contributed by atoms with Gasteiger partial charge in [0.05, 0.1) is 0 Å². The lowest BCUT2D eigenvalue weighted by Gasteiger charge is -2.06. The van der Waals surface area contributed by atoms with Gasteiger partial charge in [-0.2, -0.15) is 4.37 Å². The topological polar surface area (TPSA) is 51.8 Å². The minimum absolute atomic E-state index is 0.162. The lowest BCUT2D eigenvalue weighted by atomic mass is 10.2. The van der Waals surface area contributed by atoms with Gasteiger partial charge in [0.2, 0.25) is 0 Å². The largest absolute Gasteiger partial charge is 0.374 e. The normalized spacial score (nSPS) is 11.9. The van der Waals surface area contributed by atoms with E-state index < -0.39 is 5.67 Å². The molecule has 0 unspecified atom stereocenters. The zero-order valence-corrected chi connectivity index (χ0v) is 6.57. The summed E-state index contributed by atoms with van der Waals surface area (Å²) in [6.45, 7) is 2.79. The fraction of sp³-hybridized carbons (Fsp3) is 0.600. The van der Waals surface area contributed by atoms with Crippen LogP contribution in [0.2, 0.25) is 0 Å². The Labute approximate surface area is 62.3 Å². The van der Waals surface area contributed by atoms with Crippen LogP contribution < -0.4 is 5.73 Å². The molecular formula is C5H8FN3S. The van der Waals surface area contributed by atoms with Crippen LogP contribution in [0.15, 0.2) is 0 Å². The minimum atomic E-state index is -1.48. The maximum atomic E-state index is 13.0. The van der Waals surface area contributed by atoms with Crippen LogP contribution in [0.5, 0.6) is 0 Å². The molecule has 1 heterocycles. The Hall–Kier alpha value is -0.710. The van der Waals surface area contributed by atoms with E-state index >= 15 is 0 Å². The third-order valence-corrected chi connectivity index (χ3v) is 1.52. The van der Waals surface area contributed by atoms with Crippen molar-refractivity contribution in [3.05, 3.63) is 5.82 Å². The lowest BCUT2D eigenvalue weighted by molar-refractivity contribution is 0.209. The first-order valence-corrected chi connectivity index (χ1v) is 3.56. The molecule has 0 saturated carbocycles. The van der Waals surface area contributed by atoms with E-state index in [0.29, 0.717) is 5.13 Å². The second kappa shape index (κ2) is 2.16. The molecule has 0 radical (unpaired) electrons. The van der Waals surface area contributed by atoms with E-state index in [1.165, 1.54) is 13.8 Å². The van der Waals surface area contributed by atoms with E-state index in [-0.39, 0.29) is 5.82 Å². The van der Waals surface area contributed by atoms with Crippen LogP contribution in [0.3, 0.4) is 0 Å². The first-order valence-electron chi connectivity index (χ1n) is 2.79. The predicted molar refractivity (Wildman–Crippen MR) is 38.5 cm³/mol. The van der Waals surface area contributed by atoms with Gasteiger partial charge in [-0.25, -0.2) is 9.37 Å². The molecule has 56 valence electrons. The summed E-state index contributed by atoms with van der Waals surface area (Å²) in [5.74, 6) is 0.162. The predicted octanol–water partition coefficient (Wildman–Crippen LogP) is 1.32. The van der Waals surface area contributed by atoms with E-state index in [1.807, 2.05) is 0 Å². The fourth-order valence-electron chi connectivity index (χ4n) is 0.477. The molecule has 0 spiro atoms. The SMILES string of the molecule is CC(C)(F)c1nsc(N)n1. The second-order valence-corrected chi connectivity index (χ2v) is 3.21. The number of rotatable bonds is 1. The Morgan fingerprint density at radius 3 is 2.40 bits per heavy atom. The maximum absolute atomic E-state index is 13.0. The summed E-state index contributed by atoms with van der Waals surface area (Å²) >= 11 is 1.01. The van der Waals surface area contributed by atoms with Gasteiger partial charge in [0.15, 0.2) is 16.6 Å². The molecule has 1 aromatic rings. The van der Waals surface area contributed by atoms with Crippen molar-refractivity contribution >= 4 is 16.7 Å². The first-order chi connectivity index (χ1) is 4.50. The molecule has 0 aliphatic carbocycles. The highest BCUT2D eigenvalue weighted by atomic mass is 32.1. The van der Waals surface area contributed by atoms with Crippen LogP contribution in [0, 0.1) is 0 Å². The summed E-state index contributed by atoms with van der Waals surface area (Å²) in [7, 11) is 0. The van der Waals surface area contributed by atoms with E-state index in [0.717, 1.165) is 11.5 Å². The maximum Gasteiger partial charge on any atom is 0.200 e. The molecule has 0 aliphatic rings. The van der Waals surface area contributed by atoms with Crippen LogP contribution in [-0.2, 0) is 5.67 Å². The number of aromatic nitrogens is 2. The highest BCUT2D eigenvalue weighted by molar-refractivity contribution is 7.09. The van der Waals surface area contributed by atoms with Gasteiger partial charge in [-0.05, 0) is 13.8 Å². The molecule has 0 aromatic carbocycles. The van der Waals surface area contributed by atoms with Gasteiger partial charge in [0.25, 0.3) is 0 Å². The minimum Gasteiger partial charge on any atom is -0.374 e. The number of halogens is 1. The van der Waals surface area contributed by atoms with Gasteiger partial charge in [0.1, 0.15) is 0 Å². The van der Waals surface area contributed by atoms with Crippen LogP contribution in [-0.4, -0.2) is 9.36 Å². The summed E-state index contributed by atoms with van der Waals surface area (Å²) in [6.07, 6.45) is 0. The molecule has 0 bridgehead atoms. The van der Waals surface area contributed by atoms with E-state index in [4.69, 9.17) is 5.73 Å². The van der Waals surface area contributed by atoms with Crippen molar-refractivity contribution in [1.82, 2.24) is 9.36 Å². The van der Waals surface area contributed by atoms with Crippen LogP contribution in [0.4, 0.5) is 9.52 Å². The number of nitrogens with zero attached hydrogens (tertiary/aromatic N) is 2. The van der Waals surface area contributed by atoms with E-state index in [2.05, 4.69) is 9.36 Å². The molecule has 0 atom stereocenters. The lowest BCUT2D eigenvalue weighted by Crippen LogP contribution is -2.11. The average Bonchev–Trinajstić information content (AvgIpc) is 2.11. The van der Waals surface area contributed by atoms with Gasteiger partial charge in [-0.15, -0.1) is 0 Å². The Bertz CT molecular complexity index is 227. The van der Waals surface area contributed by atoms with Gasteiger partial charge < -0.3 is 5.73 Å². The molecule has 0 fully saturated rings. The number of hydrogen-bond acceptors (Lipinski definition) is 4. The molecule has 5 heteroatoms. The highest BCUT2D eigenvalue weighted by Gasteiger charge is 2.23. The molecule has 1 aromatic heterocycles. The van der Waals surface area contributed by atoms with Crippen molar-refractivity contribution in [2.45, 2.75) is 19.5 Å². The van der Waals surface area contributed by atoms with Crippen molar-refractivity contribution in [3.8, 4) is 0 Å². The summed E-state index contributed by atoms with van der Waals surface area (Å²) < 4.78 is 16.7. The number of anilines is 1. The quantitative estimate of drug-likeness (QED) is 0.676. The van der Waals surface area contributed by atoms with Crippen molar-refractivity contribution in [2.24, 2.45) is 0 Å². The Balaban J connectivity index is 2.96. The van der Waals surface area contributed by atoms with Gasteiger partial charge in [0, 0.05) is 11.5 Å². The third kappa shape index (κ3) is 1.41. The van der Waals surface area contributed by atoms with Gasteiger partial charge in [-0.3, -0.25) is 0 Å². The van der Waals surface area contributed by atoms with Gasteiger partial charge >= 0.3 is 0 Å². The van der Waals surface area contributed by atoms with Crippen molar-refractivity contribution in [1.29, 1.82) is 0 Å². The van der Waals surface area contributed by atoms with Crippen LogP contribution in [0.1, 0.15) is 19.7 Å². The number of hydrogen-bond donors (Lipinski definition) is 1. The van der Waals surface area contributed by atoms with E-state index in [1.54, 1.807) is 0 Å². The molecule has 2 N–H and O–H groups in total. The Morgan fingerprint density at radius 2 is 2.20 bits per heavy atom. The molecule has 3 nitrogen and oxygen atoms in total. The molecule has 10 heavy (non-hydrogen) atoms. The van der Waals surface area contributed by atoms with Crippen molar-refractivity contribution < 1.29 is 4.39 Å². The molecule has 0 amide bonds. The van der Waals surface area contributed by atoms with E-state index in [9.17, 15) is 4.39 Å². The second-order valence-electron chi connectivity index (χ2n) is 2.43.